The quantitative estimate of drug-likeness (QED) is 0.862. The van der Waals surface area contributed by atoms with Gasteiger partial charge in [0.1, 0.15) is 0 Å². The lowest BCUT2D eigenvalue weighted by Crippen LogP contribution is -2.48. The average molecular weight is 334 g/mol. The smallest absolute Gasteiger partial charge is 0.241 e. The third kappa shape index (κ3) is 3.70. The van der Waals surface area contributed by atoms with Crippen molar-refractivity contribution in [3.63, 3.8) is 0 Å². The van der Waals surface area contributed by atoms with Gasteiger partial charge in [0.15, 0.2) is 10.0 Å². The van der Waals surface area contributed by atoms with Crippen LogP contribution in [0.4, 0.5) is 0 Å². The van der Waals surface area contributed by atoms with Gasteiger partial charge in [-0.15, -0.1) is 5.10 Å². The number of nitrogens with zero attached hydrogens (tertiary/aromatic N) is 2. The molecule has 0 unspecified atom stereocenters. The number of carbonyl (C=O) groups excluding carboxylic acids is 3. The van der Waals surface area contributed by atoms with E-state index in [9.17, 15) is 14.4 Å². The minimum absolute atomic E-state index is 0.170. The summed E-state index contributed by atoms with van der Waals surface area (Å²) in [5.41, 5.74) is 0.804. The molecular weight excluding hydrogens is 316 g/mol. The van der Waals surface area contributed by atoms with Gasteiger partial charge in [0.2, 0.25) is 17.7 Å². The van der Waals surface area contributed by atoms with Gasteiger partial charge in [-0.05, 0) is 17.3 Å². The molecule has 1 aromatic carbocycles. The lowest BCUT2D eigenvalue weighted by molar-refractivity contribution is -0.133. The third-order valence-corrected chi connectivity index (χ3v) is 4.45. The van der Waals surface area contributed by atoms with Gasteiger partial charge in [-0.2, -0.15) is 0 Å². The van der Waals surface area contributed by atoms with E-state index in [1.807, 2.05) is 30.3 Å². The van der Waals surface area contributed by atoms with Crippen LogP contribution in [-0.2, 0) is 19.3 Å². The zero-order chi connectivity index (χ0) is 17.0. The second-order valence-electron chi connectivity index (χ2n) is 5.08. The largest absolute Gasteiger partial charge is 0.353 e. The topological polar surface area (TPSA) is 90.9 Å². The summed E-state index contributed by atoms with van der Waals surface area (Å²) in [5, 5.41) is 11.2. The predicted octanol–water partition coefficient (Wildman–Crippen LogP) is 0.978. The number of amides is 3. The SMILES string of the molecule is CC(=O)NC[C@@]1(c2ccccc2)SC(NC(C)=O)=NN1C(C)=O. The molecule has 0 radical (unpaired) electrons. The number of thioether (sulfide) groups is 1. The molecule has 0 aromatic heterocycles. The summed E-state index contributed by atoms with van der Waals surface area (Å²) in [6.45, 7) is 4.35. The first-order chi connectivity index (χ1) is 10.8. The van der Waals surface area contributed by atoms with Crippen LogP contribution in [0.25, 0.3) is 0 Å². The predicted molar refractivity (Wildman–Crippen MR) is 88.2 cm³/mol. The van der Waals surface area contributed by atoms with Crippen LogP contribution in [0.15, 0.2) is 35.4 Å². The minimum Gasteiger partial charge on any atom is -0.353 e. The molecule has 0 bridgehead atoms. The van der Waals surface area contributed by atoms with E-state index in [4.69, 9.17) is 0 Å². The number of hydrazone groups is 1. The fourth-order valence-electron chi connectivity index (χ4n) is 2.26. The Labute approximate surface area is 138 Å². The van der Waals surface area contributed by atoms with E-state index in [0.29, 0.717) is 5.17 Å². The van der Waals surface area contributed by atoms with Gasteiger partial charge in [-0.25, -0.2) is 5.01 Å². The number of carbonyl (C=O) groups is 3. The molecule has 1 aliphatic rings. The van der Waals surface area contributed by atoms with Gasteiger partial charge in [0.05, 0.1) is 6.54 Å². The first-order valence-corrected chi connectivity index (χ1v) is 7.83. The van der Waals surface area contributed by atoms with Gasteiger partial charge >= 0.3 is 0 Å². The molecule has 23 heavy (non-hydrogen) atoms. The molecule has 0 fully saturated rings. The fourth-order valence-corrected chi connectivity index (χ4v) is 3.55. The molecule has 1 atom stereocenters. The van der Waals surface area contributed by atoms with Gasteiger partial charge < -0.3 is 10.6 Å². The van der Waals surface area contributed by atoms with E-state index >= 15 is 0 Å². The number of hydrogen-bond donors (Lipinski definition) is 2. The summed E-state index contributed by atoms with van der Waals surface area (Å²) in [6, 6.07) is 9.27. The summed E-state index contributed by atoms with van der Waals surface area (Å²) in [5.74, 6) is -0.771. The Hall–Kier alpha value is -2.35. The number of nitrogens with one attached hydrogen (secondary N) is 2. The molecule has 2 N–H and O–H groups in total. The molecule has 8 heteroatoms. The molecule has 7 nitrogen and oxygen atoms in total. The van der Waals surface area contributed by atoms with E-state index in [2.05, 4.69) is 15.7 Å². The number of amidine groups is 1. The molecule has 0 spiro atoms. The monoisotopic (exact) mass is 334 g/mol. The summed E-state index contributed by atoms with van der Waals surface area (Å²) >= 11 is 1.23. The minimum atomic E-state index is -0.934. The van der Waals surface area contributed by atoms with Crippen molar-refractivity contribution >= 4 is 34.7 Å². The number of benzene rings is 1. The molecule has 1 aromatic rings. The van der Waals surface area contributed by atoms with Crippen LogP contribution < -0.4 is 10.6 Å². The Morgan fingerprint density at radius 2 is 1.78 bits per heavy atom. The zero-order valence-electron chi connectivity index (χ0n) is 13.1. The summed E-state index contributed by atoms with van der Waals surface area (Å²) in [7, 11) is 0. The number of hydrogen-bond acceptors (Lipinski definition) is 5. The maximum Gasteiger partial charge on any atom is 0.241 e. The van der Waals surface area contributed by atoms with Crippen LogP contribution in [0.2, 0.25) is 0 Å². The van der Waals surface area contributed by atoms with Crippen LogP contribution in [-0.4, -0.2) is 34.4 Å². The summed E-state index contributed by atoms with van der Waals surface area (Å²) in [4.78, 5) is 33.8. The van der Waals surface area contributed by atoms with E-state index in [0.717, 1.165) is 5.56 Å². The summed E-state index contributed by atoms with van der Waals surface area (Å²) < 4.78 is 0. The lowest BCUT2D eigenvalue weighted by atomic mass is 10.1. The molecule has 122 valence electrons. The first kappa shape index (κ1) is 17.0. The highest BCUT2D eigenvalue weighted by molar-refractivity contribution is 8.14. The van der Waals surface area contributed by atoms with Crippen molar-refractivity contribution in [3.8, 4) is 0 Å². The van der Waals surface area contributed by atoms with E-state index in [-0.39, 0.29) is 24.3 Å². The van der Waals surface area contributed by atoms with Gasteiger partial charge in [0.25, 0.3) is 0 Å². The van der Waals surface area contributed by atoms with E-state index < -0.39 is 4.87 Å². The molecule has 1 aliphatic heterocycles. The molecule has 0 aliphatic carbocycles. The highest BCUT2D eigenvalue weighted by Crippen LogP contribution is 2.44. The van der Waals surface area contributed by atoms with Crippen LogP contribution in [0, 0.1) is 0 Å². The molecule has 2 rings (SSSR count). The zero-order valence-corrected chi connectivity index (χ0v) is 13.9. The molecule has 0 saturated carbocycles. The van der Waals surface area contributed by atoms with Crippen molar-refractivity contribution in [2.75, 3.05) is 6.54 Å². The Morgan fingerprint density at radius 3 is 2.30 bits per heavy atom. The highest BCUT2D eigenvalue weighted by Gasteiger charge is 2.48. The van der Waals surface area contributed by atoms with Gasteiger partial charge in [-0.1, -0.05) is 30.3 Å². The molecule has 3 amide bonds. The standard InChI is InChI=1S/C15H18N4O3S/c1-10(20)16-9-15(13-7-5-4-6-8-13)19(12(3)22)18-14(23-15)17-11(2)21/h4-8H,9H2,1-3H3,(H,16,20)(H,17,18,21)/t15-/m0/s1. The molecular formula is C15H18N4O3S. The van der Waals surface area contributed by atoms with E-state index in [1.165, 1.54) is 37.5 Å². The van der Waals surface area contributed by atoms with Crippen LogP contribution in [0.1, 0.15) is 26.3 Å². The van der Waals surface area contributed by atoms with Crippen LogP contribution in [0.3, 0.4) is 0 Å². The Balaban J connectivity index is 2.45. The maximum atomic E-state index is 12.1. The van der Waals surface area contributed by atoms with Crippen molar-refractivity contribution in [1.29, 1.82) is 0 Å². The molecule has 1 heterocycles. The Morgan fingerprint density at radius 1 is 1.13 bits per heavy atom. The highest BCUT2D eigenvalue weighted by atomic mass is 32.2. The van der Waals surface area contributed by atoms with Crippen molar-refractivity contribution in [2.45, 2.75) is 25.6 Å². The van der Waals surface area contributed by atoms with E-state index in [1.54, 1.807) is 0 Å². The number of rotatable bonds is 3. The van der Waals surface area contributed by atoms with Crippen LogP contribution >= 0.6 is 11.8 Å². The third-order valence-electron chi connectivity index (χ3n) is 3.18. The van der Waals surface area contributed by atoms with Gasteiger partial charge in [-0.3, -0.25) is 14.4 Å². The Bertz CT molecular complexity index is 662. The van der Waals surface area contributed by atoms with Crippen LogP contribution in [0.5, 0.6) is 0 Å². The second kappa shape index (κ2) is 6.82. The lowest BCUT2D eigenvalue weighted by Gasteiger charge is -2.35. The van der Waals surface area contributed by atoms with Crippen molar-refractivity contribution < 1.29 is 14.4 Å². The Kier molecular flexibility index (Phi) is 5.05. The average Bonchev–Trinajstić information content (AvgIpc) is 2.85. The van der Waals surface area contributed by atoms with Crippen molar-refractivity contribution in [2.24, 2.45) is 5.10 Å². The maximum absolute atomic E-state index is 12.1. The van der Waals surface area contributed by atoms with Gasteiger partial charge in [0, 0.05) is 20.8 Å². The summed E-state index contributed by atoms with van der Waals surface area (Å²) in [6.07, 6.45) is 0. The normalized spacial score (nSPS) is 20.0. The van der Waals surface area contributed by atoms with Crippen molar-refractivity contribution in [3.05, 3.63) is 35.9 Å². The second-order valence-corrected chi connectivity index (χ2v) is 6.35. The fraction of sp³-hybridized carbons (Fsp3) is 0.333. The van der Waals surface area contributed by atoms with Crippen molar-refractivity contribution in [1.82, 2.24) is 15.6 Å². The first-order valence-electron chi connectivity index (χ1n) is 7.01. The molecule has 0 saturated heterocycles.